The van der Waals surface area contributed by atoms with Crippen molar-refractivity contribution in [2.24, 2.45) is 0 Å². The first-order valence-corrected chi connectivity index (χ1v) is 8.12. The monoisotopic (exact) mass is 319 g/mol. The number of carbonyl (C=O) groups excluding carboxylic acids is 3. The topological polar surface area (TPSA) is 87.3 Å². The van der Waals surface area contributed by atoms with Crippen LogP contribution in [0.5, 0.6) is 0 Å². The van der Waals surface area contributed by atoms with E-state index in [2.05, 4.69) is 16.0 Å². The molecule has 1 aliphatic carbocycles. The van der Waals surface area contributed by atoms with E-state index in [0.717, 1.165) is 23.4 Å². The summed E-state index contributed by atoms with van der Waals surface area (Å²) in [5.41, 5.74) is 0.776. The van der Waals surface area contributed by atoms with Gasteiger partial charge < -0.3 is 16.0 Å². The Labute approximate surface area is 132 Å². The SMILES string of the molecule is O=C(CC1Sc2ccccc2NC1=O)NCC(=O)NC1CC1. The summed E-state index contributed by atoms with van der Waals surface area (Å²) in [5.74, 6) is -0.652. The minimum Gasteiger partial charge on any atom is -0.352 e. The van der Waals surface area contributed by atoms with Crippen molar-refractivity contribution >= 4 is 35.2 Å². The predicted octanol–water partition coefficient (Wildman–Crippen LogP) is 0.884. The van der Waals surface area contributed by atoms with Gasteiger partial charge in [-0.15, -0.1) is 11.8 Å². The molecule has 1 atom stereocenters. The average molecular weight is 319 g/mol. The number of anilines is 1. The Balaban J connectivity index is 1.49. The molecule has 7 heteroatoms. The summed E-state index contributed by atoms with van der Waals surface area (Å²) in [7, 11) is 0. The molecular weight excluding hydrogens is 302 g/mol. The Hall–Kier alpha value is -2.02. The van der Waals surface area contributed by atoms with Crippen LogP contribution < -0.4 is 16.0 Å². The summed E-state index contributed by atoms with van der Waals surface area (Å²) >= 11 is 1.37. The molecule has 6 nitrogen and oxygen atoms in total. The fourth-order valence-corrected chi connectivity index (χ4v) is 3.26. The largest absolute Gasteiger partial charge is 0.352 e. The van der Waals surface area contributed by atoms with E-state index in [0.29, 0.717) is 0 Å². The summed E-state index contributed by atoms with van der Waals surface area (Å²) < 4.78 is 0. The number of rotatable bonds is 5. The average Bonchev–Trinajstić information content (AvgIpc) is 3.30. The number of benzene rings is 1. The standard InChI is InChI=1S/C15H17N3O3S/c19-13(16-8-14(20)17-9-5-6-9)7-12-15(21)18-10-3-1-2-4-11(10)22-12/h1-4,9,12H,5-8H2,(H,16,19)(H,17,20)(H,18,21). The third kappa shape index (κ3) is 3.79. The van der Waals surface area contributed by atoms with Gasteiger partial charge >= 0.3 is 0 Å². The van der Waals surface area contributed by atoms with Crippen molar-refractivity contribution in [1.82, 2.24) is 10.6 Å². The first-order valence-electron chi connectivity index (χ1n) is 7.24. The highest BCUT2D eigenvalue weighted by Gasteiger charge is 2.29. The van der Waals surface area contributed by atoms with E-state index in [1.54, 1.807) is 0 Å². The van der Waals surface area contributed by atoms with Crippen LogP contribution in [0.4, 0.5) is 5.69 Å². The first-order chi connectivity index (χ1) is 10.6. The second-order valence-electron chi connectivity index (χ2n) is 5.41. The minimum atomic E-state index is -0.471. The van der Waals surface area contributed by atoms with Crippen molar-refractivity contribution in [3.8, 4) is 0 Å². The van der Waals surface area contributed by atoms with E-state index < -0.39 is 5.25 Å². The molecule has 1 aliphatic heterocycles. The number of amides is 3. The molecule has 2 aliphatic rings. The fraction of sp³-hybridized carbons (Fsp3) is 0.400. The van der Waals surface area contributed by atoms with Crippen molar-refractivity contribution in [2.45, 2.75) is 35.4 Å². The zero-order chi connectivity index (χ0) is 15.5. The number of thioether (sulfide) groups is 1. The van der Waals surface area contributed by atoms with Gasteiger partial charge in [-0.05, 0) is 25.0 Å². The normalized spacial score (nSPS) is 19.8. The lowest BCUT2D eigenvalue weighted by atomic mass is 10.2. The van der Waals surface area contributed by atoms with Crippen LogP contribution >= 0.6 is 11.8 Å². The first kappa shape index (κ1) is 14.9. The van der Waals surface area contributed by atoms with Gasteiger partial charge in [0.15, 0.2) is 0 Å². The molecule has 0 spiro atoms. The maximum Gasteiger partial charge on any atom is 0.239 e. The molecule has 3 N–H and O–H groups in total. The summed E-state index contributed by atoms with van der Waals surface area (Å²) in [5, 5.41) is 7.68. The molecule has 1 heterocycles. The fourth-order valence-electron chi connectivity index (χ4n) is 2.15. The lowest BCUT2D eigenvalue weighted by Gasteiger charge is -2.23. The van der Waals surface area contributed by atoms with E-state index in [-0.39, 0.29) is 36.7 Å². The van der Waals surface area contributed by atoms with E-state index in [1.807, 2.05) is 24.3 Å². The number of para-hydroxylation sites is 1. The molecule has 1 aromatic carbocycles. The lowest BCUT2D eigenvalue weighted by Crippen LogP contribution is -2.40. The molecule has 3 amide bonds. The third-order valence-corrected chi connectivity index (χ3v) is 4.74. The highest BCUT2D eigenvalue weighted by molar-refractivity contribution is 8.01. The van der Waals surface area contributed by atoms with Gasteiger partial charge in [0.05, 0.1) is 17.5 Å². The molecule has 22 heavy (non-hydrogen) atoms. The number of nitrogens with one attached hydrogen (secondary N) is 3. The Bertz CT molecular complexity index is 616. The van der Waals surface area contributed by atoms with E-state index in [4.69, 9.17) is 0 Å². The predicted molar refractivity (Wildman–Crippen MR) is 83.5 cm³/mol. The maximum absolute atomic E-state index is 12.0. The van der Waals surface area contributed by atoms with Gasteiger partial charge in [0, 0.05) is 17.4 Å². The van der Waals surface area contributed by atoms with Gasteiger partial charge in [-0.1, -0.05) is 12.1 Å². The van der Waals surface area contributed by atoms with Gasteiger partial charge in [0.25, 0.3) is 0 Å². The molecule has 0 radical (unpaired) electrons. The van der Waals surface area contributed by atoms with Crippen molar-refractivity contribution in [2.75, 3.05) is 11.9 Å². The molecule has 116 valence electrons. The molecule has 1 fully saturated rings. The summed E-state index contributed by atoms with van der Waals surface area (Å²) in [6, 6.07) is 7.76. The van der Waals surface area contributed by atoms with Crippen LogP contribution in [0.15, 0.2) is 29.2 Å². The van der Waals surface area contributed by atoms with Gasteiger partial charge in [0.1, 0.15) is 0 Å². The number of hydrogen-bond acceptors (Lipinski definition) is 4. The Morgan fingerprint density at radius 1 is 1.23 bits per heavy atom. The highest BCUT2D eigenvalue weighted by atomic mass is 32.2. The van der Waals surface area contributed by atoms with Crippen molar-refractivity contribution in [1.29, 1.82) is 0 Å². The van der Waals surface area contributed by atoms with Crippen molar-refractivity contribution in [3.63, 3.8) is 0 Å². The Morgan fingerprint density at radius 2 is 2.00 bits per heavy atom. The zero-order valence-electron chi connectivity index (χ0n) is 11.9. The summed E-state index contributed by atoms with van der Waals surface area (Å²) in [4.78, 5) is 36.3. The minimum absolute atomic E-state index is 0.0368. The van der Waals surface area contributed by atoms with Gasteiger partial charge in [0.2, 0.25) is 17.7 Å². The maximum atomic E-state index is 12.0. The quantitative estimate of drug-likeness (QED) is 0.752. The van der Waals surface area contributed by atoms with Crippen LogP contribution in [0.2, 0.25) is 0 Å². The number of carbonyl (C=O) groups is 3. The van der Waals surface area contributed by atoms with Crippen LogP contribution in [0, 0.1) is 0 Å². The van der Waals surface area contributed by atoms with Crippen LogP contribution in [-0.4, -0.2) is 35.6 Å². The van der Waals surface area contributed by atoms with Crippen molar-refractivity contribution in [3.05, 3.63) is 24.3 Å². The Kier molecular flexibility index (Phi) is 4.33. The van der Waals surface area contributed by atoms with Crippen LogP contribution in [0.25, 0.3) is 0 Å². The Morgan fingerprint density at radius 3 is 2.77 bits per heavy atom. The molecule has 0 saturated heterocycles. The van der Waals surface area contributed by atoms with Crippen LogP contribution in [0.1, 0.15) is 19.3 Å². The number of fused-ring (bicyclic) bond motifs is 1. The summed E-state index contributed by atoms with van der Waals surface area (Å²) in [6.07, 6.45) is 2.08. The van der Waals surface area contributed by atoms with E-state index in [9.17, 15) is 14.4 Å². The van der Waals surface area contributed by atoms with Crippen LogP contribution in [-0.2, 0) is 14.4 Å². The molecule has 1 unspecified atom stereocenters. The van der Waals surface area contributed by atoms with Gasteiger partial charge in [-0.25, -0.2) is 0 Å². The molecule has 1 aromatic rings. The molecule has 3 rings (SSSR count). The van der Waals surface area contributed by atoms with E-state index in [1.165, 1.54) is 11.8 Å². The van der Waals surface area contributed by atoms with Gasteiger partial charge in [-0.3, -0.25) is 14.4 Å². The molecular formula is C15H17N3O3S. The number of hydrogen-bond donors (Lipinski definition) is 3. The van der Waals surface area contributed by atoms with Gasteiger partial charge in [-0.2, -0.15) is 0 Å². The highest BCUT2D eigenvalue weighted by Crippen LogP contribution is 2.36. The van der Waals surface area contributed by atoms with E-state index >= 15 is 0 Å². The third-order valence-electron chi connectivity index (χ3n) is 3.47. The van der Waals surface area contributed by atoms with Crippen molar-refractivity contribution < 1.29 is 14.4 Å². The summed E-state index contributed by atoms with van der Waals surface area (Å²) in [6.45, 7) is -0.0368. The zero-order valence-corrected chi connectivity index (χ0v) is 12.7. The molecule has 0 bridgehead atoms. The molecule has 1 saturated carbocycles. The molecule has 0 aromatic heterocycles. The second-order valence-corrected chi connectivity index (χ2v) is 6.66. The smallest absolute Gasteiger partial charge is 0.239 e. The second kappa shape index (κ2) is 6.39. The lowest BCUT2D eigenvalue weighted by molar-refractivity contribution is -0.127. The van der Waals surface area contributed by atoms with Crippen LogP contribution in [0.3, 0.4) is 0 Å².